The molecule has 0 saturated carbocycles. The fourth-order valence-corrected chi connectivity index (χ4v) is 3.20. The van der Waals surface area contributed by atoms with Crippen molar-refractivity contribution in [1.29, 1.82) is 0 Å². The average molecular weight is 343 g/mol. The van der Waals surface area contributed by atoms with Crippen LogP contribution in [-0.4, -0.2) is 42.1 Å². The third kappa shape index (κ3) is 3.91. The van der Waals surface area contributed by atoms with Gasteiger partial charge in [0.2, 0.25) is 0 Å². The quantitative estimate of drug-likeness (QED) is 0.902. The zero-order chi connectivity index (χ0) is 17.8. The minimum Gasteiger partial charge on any atom is -0.478 e. The number of carbonyl (C=O) groups is 2. The minimum absolute atomic E-state index is 0.116. The Labute approximate surface area is 146 Å². The number of likely N-dealkylation sites (tertiary alicyclic amines) is 1. The topological polar surface area (TPSA) is 80.0 Å². The molecular weight excluding hydrogens is 322 g/mol. The highest BCUT2D eigenvalue weighted by atomic mass is 16.5. The van der Waals surface area contributed by atoms with Gasteiger partial charge in [0.05, 0.1) is 5.56 Å². The third-order valence-corrected chi connectivity index (χ3v) is 4.50. The fourth-order valence-electron chi connectivity index (χ4n) is 3.20. The van der Waals surface area contributed by atoms with E-state index < -0.39 is 5.97 Å². The molecule has 1 atom stereocenters. The van der Waals surface area contributed by atoms with E-state index in [1.807, 2.05) is 12.1 Å². The van der Waals surface area contributed by atoms with Crippen LogP contribution in [0.2, 0.25) is 0 Å². The molecule has 1 aromatic heterocycles. The molecule has 3 rings (SSSR count). The van der Waals surface area contributed by atoms with Crippen LogP contribution in [0.4, 0.5) is 0 Å². The molecule has 1 aromatic carbocycles. The first-order valence-electron chi connectivity index (χ1n) is 8.28. The Hall–Kier alpha value is -2.60. The maximum absolute atomic E-state index is 12.7. The molecule has 0 aliphatic carbocycles. The van der Waals surface area contributed by atoms with Gasteiger partial charge in [-0.05, 0) is 42.7 Å². The van der Waals surface area contributed by atoms with Gasteiger partial charge in [-0.25, -0.2) is 4.79 Å². The van der Waals surface area contributed by atoms with Gasteiger partial charge < -0.3 is 19.2 Å². The summed E-state index contributed by atoms with van der Waals surface area (Å²) in [6.45, 7) is 1.64. The Morgan fingerprint density at radius 3 is 2.68 bits per heavy atom. The molecule has 6 heteroatoms. The minimum atomic E-state index is -0.934. The molecule has 2 heterocycles. The first kappa shape index (κ1) is 17.2. The zero-order valence-electron chi connectivity index (χ0n) is 14.1. The number of carboxylic acids is 1. The number of methoxy groups -OCH3 is 1. The molecule has 1 aliphatic heterocycles. The summed E-state index contributed by atoms with van der Waals surface area (Å²) < 4.78 is 10.5. The Bertz CT molecular complexity index is 749. The van der Waals surface area contributed by atoms with Crippen LogP contribution in [0.3, 0.4) is 0 Å². The van der Waals surface area contributed by atoms with E-state index in [2.05, 4.69) is 0 Å². The van der Waals surface area contributed by atoms with Crippen LogP contribution >= 0.6 is 0 Å². The van der Waals surface area contributed by atoms with Gasteiger partial charge in [-0.15, -0.1) is 0 Å². The monoisotopic (exact) mass is 343 g/mol. The summed E-state index contributed by atoms with van der Waals surface area (Å²) in [5, 5.41) is 8.99. The molecule has 2 aromatic rings. The SMILES string of the molecule is COCc1ccc(C(=O)N2CCC[C@@H](c3ccc(C(=O)O)cc3)C2)o1. The Morgan fingerprint density at radius 2 is 2.00 bits per heavy atom. The molecule has 1 amide bonds. The molecule has 1 saturated heterocycles. The number of carbonyl (C=O) groups excluding carboxylic acids is 1. The zero-order valence-corrected chi connectivity index (χ0v) is 14.1. The number of piperidine rings is 1. The number of amides is 1. The summed E-state index contributed by atoms with van der Waals surface area (Å²) >= 11 is 0. The van der Waals surface area contributed by atoms with Gasteiger partial charge in [0.25, 0.3) is 5.91 Å². The lowest BCUT2D eigenvalue weighted by Crippen LogP contribution is -2.39. The number of rotatable bonds is 5. The predicted molar refractivity (Wildman–Crippen MR) is 90.7 cm³/mol. The van der Waals surface area contributed by atoms with Crippen LogP contribution in [0.25, 0.3) is 0 Å². The second-order valence-electron chi connectivity index (χ2n) is 6.22. The molecule has 1 N–H and O–H groups in total. The normalized spacial score (nSPS) is 17.5. The molecule has 6 nitrogen and oxygen atoms in total. The van der Waals surface area contributed by atoms with Gasteiger partial charge in [0.15, 0.2) is 5.76 Å². The van der Waals surface area contributed by atoms with E-state index in [1.165, 1.54) is 0 Å². The van der Waals surface area contributed by atoms with Crippen molar-refractivity contribution in [2.45, 2.75) is 25.4 Å². The number of hydrogen-bond donors (Lipinski definition) is 1. The van der Waals surface area contributed by atoms with Crippen molar-refractivity contribution in [2.75, 3.05) is 20.2 Å². The van der Waals surface area contributed by atoms with E-state index in [0.717, 1.165) is 18.4 Å². The predicted octanol–water partition coefficient (Wildman–Crippen LogP) is 3.14. The number of aromatic carboxylic acids is 1. The first-order valence-corrected chi connectivity index (χ1v) is 8.28. The molecule has 132 valence electrons. The smallest absolute Gasteiger partial charge is 0.335 e. The van der Waals surface area contributed by atoms with Gasteiger partial charge in [0.1, 0.15) is 12.4 Å². The molecule has 0 unspecified atom stereocenters. The summed E-state index contributed by atoms with van der Waals surface area (Å²) in [6.07, 6.45) is 1.88. The lowest BCUT2D eigenvalue weighted by molar-refractivity contribution is 0.0666. The second kappa shape index (κ2) is 7.53. The summed E-state index contributed by atoms with van der Waals surface area (Å²) in [4.78, 5) is 25.4. The molecular formula is C19H21NO5. The van der Waals surface area contributed by atoms with Crippen LogP contribution in [0.15, 0.2) is 40.8 Å². The van der Waals surface area contributed by atoms with Gasteiger partial charge in [0, 0.05) is 26.1 Å². The highest BCUT2D eigenvalue weighted by molar-refractivity contribution is 5.91. The maximum Gasteiger partial charge on any atom is 0.335 e. The van der Waals surface area contributed by atoms with Crippen molar-refractivity contribution >= 4 is 11.9 Å². The summed E-state index contributed by atoms with van der Waals surface area (Å²) in [5.41, 5.74) is 1.33. The summed E-state index contributed by atoms with van der Waals surface area (Å²) in [7, 11) is 1.58. The van der Waals surface area contributed by atoms with Gasteiger partial charge in [-0.3, -0.25) is 4.79 Å². The van der Waals surface area contributed by atoms with Crippen molar-refractivity contribution in [3.05, 3.63) is 59.0 Å². The maximum atomic E-state index is 12.7. The van der Waals surface area contributed by atoms with Gasteiger partial charge >= 0.3 is 5.97 Å². The lowest BCUT2D eigenvalue weighted by Gasteiger charge is -2.32. The van der Waals surface area contributed by atoms with Crippen LogP contribution in [0, 0.1) is 0 Å². The number of hydrogen-bond acceptors (Lipinski definition) is 4. The number of ether oxygens (including phenoxy) is 1. The largest absolute Gasteiger partial charge is 0.478 e. The Balaban J connectivity index is 1.69. The molecule has 0 spiro atoms. The van der Waals surface area contributed by atoms with E-state index in [0.29, 0.717) is 31.2 Å². The van der Waals surface area contributed by atoms with Crippen molar-refractivity contribution in [3.63, 3.8) is 0 Å². The van der Waals surface area contributed by atoms with E-state index in [4.69, 9.17) is 14.3 Å². The van der Waals surface area contributed by atoms with Crippen molar-refractivity contribution in [1.82, 2.24) is 4.90 Å². The molecule has 0 bridgehead atoms. The Morgan fingerprint density at radius 1 is 1.24 bits per heavy atom. The first-order chi connectivity index (χ1) is 12.1. The van der Waals surface area contributed by atoms with E-state index in [9.17, 15) is 9.59 Å². The van der Waals surface area contributed by atoms with Crippen LogP contribution < -0.4 is 0 Å². The number of furan rings is 1. The standard InChI is InChI=1S/C19H21NO5/c1-24-12-16-8-9-17(25-16)18(21)20-10-2-3-15(11-20)13-4-6-14(7-5-13)19(22)23/h4-9,15H,2-3,10-12H2,1H3,(H,22,23)/t15-/m1/s1. The second-order valence-corrected chi connectivity index (χ2v) is 6.22. The summed E-state index contributed by atoms with van der Waals surface area (Å²) in [6, 6.07) is 10.3. The lowest BCUT2D eigenvalue weighted by atomic mass is 9.90. The number of carboxylic acid groups (broad SMARTS) is 1. The fraction of sp³-hybridized carbons (Fsp3) is 0.368. The summed E-state index contributed by atoms with van der Waals surface area (Å²) in [5.74, 6) is 0.109. The molecule has 1 fully saturated rings. The number of benzene rings is 1. The Kier molecular flexibility index (Phi) is 5.19. The highest BCUT2D eigenvalue weighted by Crippen LogP contribution is 2.28. The van der Waals surface area contributed by atoms with E-state index in [1.54, 1.807) is 36.3 Å². The van der Waals surface area contributed by atoms with Gasteiger partial charge in [-0.2, -0.15) is 0 Å². The van der Waals surface area contributed by atoms with Crippen LogP contribution in [0.5, 0.6) is 0 Å². The van der Waals surface area contributed by atoms with Crippen molar-refractivity contribution < 1.29 is 23.8 Å². The van der Waals surface area contributed by atoms with Crippen molar-refractivity contribution in [3.8, 4) is 0 Å². The van der Waals surface area contributed by atoms with Gasteiger partial charge in [-0.1, -0.05) is 12.1 Å². The van der Waals surface area contributed by atoms with Crippen molar-refractivity contribution in [2.24, 2.45) is 0 Å². The van der Waals surface area contributed by atoms with Crippen LogP contribution in [-0.2, 0) is 11.3 Å². The average Bonchev–Trinajstić information content (AvgIpc) is 3.10. The number of nitrogens with zero attached hydrogens (tertiary/aromatic N) is 1. The third-order valence-electron chi connectivity index (χ3n) is 4.50. The molecule has 0 radical (unpaired) electrons. The highest BCUT2D eigenvalue weighted by Gasteiger charge is 2.27. The van der Waals surface area contributed by atoms with Crippen LogP contribution in [0.1, 0.15) is 51.0 Å². The van der Waals surface area contributed by atoms with E-state index >= 15 is 0 Å². The molecule has 1 aliphatic rings. The van der Waals surface area contributed by atoms with E-state index in [-0.39, 0.29) is 17.4 Å². The molecule has 25 heavy (non-hydrogen) atoms.